The Bertz CT molecular complexity index is 1680. The van der Waals surface area contributed by atoms with Gasteiger partial charge in [0.15, 0.2) is 5.76 Å². The Labute approximate surface area is 255 Å². The zero-order chi connectivity index (χ0) is 31.1. The average Bonchev–Trinajstić information content (AvgIpc) is 3.43. The molecule has 2 unspecified atom stereocenters. The van der Waals surface area contributed by atoms with Crippen LogP contribution >= 0.6 is 0 Å². The minimum atomic E-state index is -0.680. The van der Waals surface area contributed by atoms with Crippen LogP contribution in [0.5, 0.6) is 0 Å². The summed E-state index contributed by atoms with van der Waals surface area (Å²) in [5.74, 6) is -0.915. The molecule has 3 aromatic carbocycles. The Hall–Kier alpha value is -4.93. The molecule has 0 fully saturated rings. The lowest BCUT2D eigenvalue weighted by molar-refractivity contribution is -0.146. The topological polar surface area (TPSA) is 145 Å². The summed E-state index contributed by atoms with van der Waals surface area (Å²) in [4.78, 5) is 38.3. The van der Waals surface area contributed by atoms with Gasteiger partial charge in [-0.1, -0.05) is 42.5 Å². The number of nitrogens with one attached hydrogen (secondary N) is 2. The zero-order valence-corrected chi connectivity index (χ0v) is 24.5. The van der Waals surface area contributed by atoms with Crippen LogP contribution in [0.25, 0.3) is 10.9 Å². The van der Waals surface area contributed by atoms with E-state index in [1.54, 1.807) is 59.2 Å². The second kappa shape index (κ2) is 14.0. The number of aromatic nitrogens is 1. The molecule has 0 spiro atoms. The Balaban J connectivity index is 1.29. The lowest BCUT2D eigenvalue weighted by atomic mass is 9.92. The van der Waals surface area contributed by atoms with E-state index in [2.05, 4.69) is 10.6 Å². The monoisotopic (exact) mass is 596 g/mol. The number of rotatable bonds is 11. The van der Waals surface area contributed by atoms with Crippen LogP contribution in [-0.2, 0) is 20.8 Å². The van der Waals surface area contributed by atoms with E-state index in [1.165, 1.54) is 6.92 Å². The molecule has 1 aliphatic heterocycles. The molecule has 0 saturated heterocycles. The first-order valence-electron chi connectivity index (χ1n) is 14.6. The summed E-state index contributed by atoms with van der Waals surface area (Å²) >= 11 is 0. The summed E-state index contributed by atoms with van der Waals surface area (Å²) in [7, 11) is 0. The number of hydrogen-bond acceptors (Lipinski definition) is 7. The van der Waals surface area contributed by atoms with Gasteiger partial charge in [-0.05, 0) is 60.4 Å². The number of anilines is 2. The number of allylic oxidation sites excluding steroid dienone is 1. The predicted molar refractivity (Wildman–Crippen MR) is 168 cm³/mol. The molecule has 4 aromatic rings. The first kappa shape index (κ1) is 30.5. The number of aliphatic hydroxyl groups excluding tert-OH is 1. The molecule has 1 aromatic heterocycles. The lowest BCUT2D eigenvalue weighted by Crippen LogP contribution is -2.32. The summed E-state index contributed by atoms with van der Waals surface area (Å²) < 4.78 is 13.6. The quantitative estimate of drug-likeness (QED) is 0.142. The number of amides is 2. The van der Waals surface area contributed by atoms with Crippen molar-refractivity contribution in [3.8, 4) is 0 Å². The van der Waals surface area contributed by atoms with Gasteiger partial charge in [-0.25, -0.2) is 0 Å². The number of benzene rings is 3. The SMILES string of the molecule is CC(=O)n1cc(C2C=C(C(=O)NCc3ccc(C(=O)Nc4ccccc4N)cc3)OC(OCCCCO)C2)c2ccccc21. The van der Waals surface area contributed by atoms with Gasteiger partial charge in [-0.2, -0.15) is 0 Å². The van der Waals surface area contributed by atoms with Crippen LogP contribution in [0.4, 0.5) is 11.4 Å². The third-order valence-corrected chi connectivity index (χ3v) is 7.50. The number of nitrogen functional groups attached to an aromatic ring is 1. The Kier molecular flexibility index (Phi) is 9.73. The molecule has 2 amide bonds. The fourth-order valence-corrected chi connectivity index (χ4v) is 5.17. The van der Waals surface area contributed by atoms with Crippen molar-refractivity contribution in [2.45, 2.75) is 44.9 Å². The van der Waals surface area contributed by atoms with Crippen molar-refractivity contribution in [3.05, 3.63) is 108 Å². The summed E-state index contributed by atoms with van der Waals surface area (Å²) in [5.41, 5.74) is 9.88. The third-order valence-electron chi connectivity index (χ3n) is 7.50. The molecule has 5 N–H and O–H groups in total. The first-order valence-corrected chi connectivity index (χ1v) is 14.6. The van der Waals surface area contributed by atoms with E-state index in [1.807, 2.05) is 30.5 Å². The second-order valence-electron chi connectivity index (χ2n) is 10.6. The minimum Gasteiger partial charge on any atom is -0.459 e. The molecule has 44 heavy (non-hydrogen) atoms. The van der Waals surface area contributed by atoms with Crippen LogP contribution < -0.4 is 16.4 Å². The van der Waals surface area contributed by atoms with Gasteiger partial charge in [-0.3, -0.25) is 19.0 Å². The molecule has 2 atom stereocenters. The van der Waals surface area contributed by atoms with E-state index < -0.39 is 12.2 Å². The van der Waals surface area contributed by atoms with Gasteiger partial charge < -0.3 is 30.9 Å². The van der Waals surface area contributed by atoms with E-state index in [0.717, 1.165) is 22.0 Å². The Morgan fingerprint density at radius 1 is 1.00 bits per heavy atom. The van der Waals surface area contributed by atoms with Gasteiger partial charge in [0.1, 0.15) is 0 Å². The lowest BCUT2D eigenvalue weighted by Gasteiger charge is -2.29. The number of hydrogen-bond donors (Lipinski definition) is 4. The molecule has 1 aliphatic rings. The number of nitrogens with zero attached hydrogens (tertiary/aromatic N) is 1. The van der Waals surface area contributed by atoms with Gasteiger partial charge in [0.2, 0.25) is 12.2 Å². The van der Waals surface area contributed by atoms with E-state index in [4.69, 9.17) is 20.3 Å². The van der Waals surface area contributed by atoms with Crippen molar-refractivity contribution >= 4 is 40.0 Å². The maximum Gasteiger partial charge on any atom is 0.286 e. The number of para-hydroxylation sites is 3. The van der Waals surface area contributed by atoms with Crippen LogP contribution in [0.3, 0.4) is 0 Å². The minimum absolute atomic E-state index is 0.0723. The highest BCUT2D eigenvalue weighted by molar-refractivity contribution is 6.05. The van der Waals surface area contributed by atoms with E-state index in [0.29, 0.717) is 42.8 Å². The summed E-state index contributed by atoms with van der Waals surface area (Å²) in [6, 6.07) is 21.6. The van der Waals surface area contributed by atoms with Crippen molar-refractivity contribution in [1.82, 2.24) is 9.88 Å². The van der Waals surface area contributed by atoms with E-state index in [9.17, 15) is 14.4 Å². The molecule has 2 heterocycles. The molecular formula is C34H36N4O6. The number of aliphatic hydroxyl groups is 1. The van der Waals surface area contributed by atoms with Crippen molar-refractivity contribution in [3.63, 3.8) is 0 Å². The highest BCUT2D eigenvalue weighted by Crippen LogP contribution is 2.36. The average molecular weight is 597 g/mol. The smallest absolute Gasteiger partial charge is 0.286 e. The molecule has 0 bridgehead atoms. The van der Waals surface area contributed by atoms with Crippen LogP contribution in [0.1, 0.15) is 58.4 Å². The summed E-state index contributed by atoms with van der Waals surface area (Å²) in [5, 5.41) is 15.7. The Morgan fingerprint density at radius 3 is 2.50 bits per heavy atom. The molecular weight excluding hydrogens is 560 g/mol. The maximum atomic E-state index is 13.3. The van der Waals surface area contributed by atoms with Crippen LogP contribution in [-0.4, -0.2) is 46.9 Å². The molecule has 0 radical (unpaired) electrons. The maximum absolute atomic E-state index is 13.3. The predicted octanol–water partition coefficient (Wildman–Crippen LogP) is 4.96. The van der Waals surface area contributed by atoms with Crippen LogP contribution in [0, 0.1) is 0 Å². The fraction of sp³-hybridized carbons (Fsp3) is 0.265. The second-order valence-corrected chi connectivity index (χ2v) is 10.6. The number of unbranched alkanes of at least 4 members (excludes halogenated alkanes) is 1. The van der Waals surface area contributed by atoms with Gasteiger partial charge in [0.25, 0.3) is 11.8 Å². The number of carbonyl (C=O) groups excluding carboxylic acids is 3. The van der Waals surface area contributed by atoms with Crippen molar-refractivity contribution in [1.29, 1.82) is 0 Å². The number of nitrogens with two attached hydrogens (primary N) is 1. The van der Waals surface area contributed by atoms with Crippen molar-refractivity contribution < 1.29 is 29.0 Å². The number of fused-ring (bicyclic) bond motifs is 1. The molecule has 10 heteroatoms. The summed E-state index contributed by atoms with van der Waals surface area (Å²) in [6.45, 7) is 2.17. The number of carbonyl (C=O) groups is 3. The zero-order valence-electron chi connectivity index (χ0n) is 24.5. The van der Waals surface area contributed by atoms with Gasteiger partial charge >= 0.3 is 0 Å². The number of ether oxygens (including phenoxy) is 2. The Morgan fingerprint density at radius 2 is 1.75 bits per heavy atom. The normalized spacial score (nSPS) is 16.2. The van der Waals surface area contributed by atoms with Gasteiger partial charge in [0, 0.05) is 49.6 Å². The fourth-order valence-electron chi connectivity index (χ4n) is 5.17. The van der Waals surface area contributed by atoms with Gasteiger partial charge in [-0.15, -0.1) is 0 Å². The largest absolute Gasteiger partial charge is 0.459 e. The van der Waals surface area contributed by atoms with Crippen LogP contribution in [0.15, 0.2) is 90.8 Å². The van der Waals surface area contributed by atoms with E-state index in [-0.39, 0.29) is 36.6 Å². The molecule has 5 rings (SSSR count). The highest BCUT2D eigenvalue weighted by atomic mass is 16.7. The van der Waals surface area contributed by atoms with Crippen molar-refractivity contribution in [2.75, 3.05) is 24.3 Å². The summed E-state index contributed by atoms with van der Waals surface area (Å²) in [6.07, 6.45) is 4.63. The molecule has 10 nitrogen and oxygen atoms in total. The van der Waals surface area contributed by atoms with E-state index >= 15 is 0 Å². The highest BCUT2D eigenvalue weighted by Gasteiger charge is 2.30. The first-order chi connectivity index (χ1) is 21.3. The molecule has 228 valence electrons. The van der Waals surface area contributed by atoms with Gasteiger partial charge in [0.05, 0.1) is 23.5 Å². The third kappa shape index (κ3) is 7.16. The molecule has 0 saturated carbocycles. The standard InChI is InChI=1S/C34H36N4O6/c1-22(40)38-21-27(26-8-2-5-11-30(26)38)25-18-31(44-32(19-25)43-17-7-6-16-39)34(42)36-20-23-12-14-24(15-13-23)33(41)37-29-10-4-3-9-28(29)35/h2-5,8-15,18,21,25,32,39H,6-7,16-17,19-20,35H2,1H3,(H,36,42)(H,37,41). The van der Waals surface area contributed by atoms with Crippen LogP contribution in [0.2, 0.25) is 0 Å². The molecule has 0 aliphatic carbocycles. The van der Waals surface area contributed by atoms with Crippen molar-refractivity contribution in [2.24, 2.45) is 0 Å².